The molecule has 0 heterocycles. The third kappa shape index (κ3) is 7.48. The van der Waals surface area contributed by atoms with E-state index in [1.54, 1.807) is 0 Å². The molecule has 0 rings (SSSR count). The average Bonchev–Trinajstić information content (AvgIpc) is 1.89. The number of hydrogen-bond acceptors (Lipinski definition) is 0. The van der Waals surface area contributed by atoms with Gasteiger partial charge in [-0.25, -0.2) is 0 Å². The second-order valence-electron chi connectivity index (χ2n) is 2.04. The van der Waals surface area contributed by atoms with E-state index in [9.17, 15) is 0 Å². The lowest BCUT2D eigenvalue weighted by atomic mass is 10.2. The third-order valence-electron chi connectivity index (χ3n) is 1.11. The molecule has 0 fully saturated rings. The molecule has 0 saturated carbocycles. The molecule has 51 valence electrons. The van der Waals surface area contributed by atoms with Crippen molar-refractivity contribution in [2.75, 3.05) is 0 Å². The van der Waals surface area contributed by atoms with Gasteiger partial charge in [0.25, 0.3) is 0 Å². The Bertz CT molecular complexity index is 80.0. The molecule has 0 aliphatic heterocycles. The van der Waals surface area contributed by atoms with Crippen LogP contribution < -0.4 is 0 Å². The first-order valence-corrected chi connectivity index (χ1v) is 3.57. The highest BCUT2D eigenvalue weighted by molar-refractivity contribution is 4.80. The number of hydrogen-bond donors (Lipinski definition) is 0. The summed E-state index contributed by atoms with van der Waals surface area (Å²) >= 11 is 0. The SMILES string of the molecule is C=CC/[C]=C/CCCC. The van der Waals surface area contributed by atoms with Gasteiger partial charge < -0.3 is 0 Å². The molecule has 0 unspecified atom stereocenters. The van der Waals surface area contributed by atoms with Crippen molar-refractivity contribution in [2.45, 2.75) is 32.6 Å². The van der Waals surface area contributed by atoms with Crippen molar-refractivity contribution in [2.24, 2.45) is 0 Å². The van der Waals surface area contributed by atoms with E-state index >= 15 is 0 Å². The van der Waals surface area contributed by atoms with Crippen molar-refractivity contribution in [3.8, 4) is 0 Å². The highest BCUT2D eigenvalue weighted by atomic mass is 13.8. The fourth-order valence-corrected chi connectivity index (χ4v) is 0.575. The standard InChI is InChI=1S/C9H15/c1-3-5-7-9-8-6-4-2/h3,9H,1,4-6,8H2,2H3. The Hall–Kier alpha value is -0.520. The maximum atomic E-state index is 3.60. The van der Waals surface area contributed by atoms with E-state index in [2.05, 4.69) is 25.7 Å². The van der Waals surface area contributed by atoms with Crippen molar-refractivity contribution in [1.29, 1.82) is 0 Å². The van der Waals surface area contributed by atoms with Crippen LogP contribution in [-0.4, -0.2) is 0 Å². The highest BCUT2D eigenvalue weighted by Crippen LogP contribution is 1.94. The molecule has 9 heavy (non-hydrogen) atoms. The molecular weight excluding hydrogens is 108 g/mol. The summed E-state index contributed by atoms with van der Waals surface area (Å²) in [7, 11) is 0. The van der Waals surface area contributed by atoms with Gasteiger partial charge in [0.15, 0.2) is 0 Å². The van der Waals surface area contributed by atoms with E-state index in [1.165, 1.54) is 19.3 Å². The first kappa shape index (κ1) is 8.48. The Morgan fingerprint density at radius 2 is 2.33 bits per heavy atom. The van der Waals surface area contributed by atoms with E-state index in [-0.39, 0.29) is 0 Å². The zero-order valence-corrected chi connectivity index (χ0v) is 6.19. The van der Waals surface area contributed by atoms with E-state index in [0.717, 1.165) is 6.42 Å². The Morgan fingerprint density at radius 1 is 1.56 bits per heavy atom. The smallest absolute Gasteiger partial charge is 0.0101 e. The zero-order chi connectivity index (χ0) is 6.95. The summed E-state index contributed by atoms with van der Waals surface area (Å²) in [5.41, 5.74) is 0. The average molecular weight is 123 g/mol. The predicted octanol–water partition coefficient (Wildman–Crippen LogP) is 3.11. The van der Waals surface area contributed by atoms with Gasteiger partial charge >= 0.3 is 0 Å². The molecule has 0 N–H and O–H groups in total. The molecule has 0 spiro atoms. The minimum Gasteiger partial charge on any atom is -0.103 e. The summed E-state index contributed by atoms with van der Waals surface area (Å²) in [5, 5.41) is 0. The van der Waals surface area contributed by atoms with E-state index in [0.29, 0.717) is 0 Å². The van der Waals surface area contributed by atoms with Gasteiger partial charge in [-0.05, 0) is 18.9 Å². The molecular formula is C9H15. The fourth-order valence-electron chi connectivity index (χ4n) is 0.575. The Balaban J connectivity index is 2.94. The molecule has 0 nitrogen and oxygen atoms in total. The van der Waals surface area contributed by atoms with Gasteiger partial charge in [-0.15, -0.1) is 6.58 Å². The lowest BCUT2D eigenvalue weighted by Crippen LogP contribution is -1.66. The lowest BCUT2D eigenvalue weighted by Gasteiger charge is -1.85. The Labute approximate surface area is 58.3 Å². The summed E-state index contributed by atoms with van der Waals surface area (Å²) in [6, 6.07) is 0. The van der Waals surface area contributed by atoms with E-state index in [4.69, 9.17) is 0 Å². The summed E-state index contributed by atoms with van der Waals surface area (Å²) < 4.78 is 0. The van der Waals surface area contributed by atoms with Crippen LogP contribution in [0.5, 0.6) is 0 Å². The third-order valence-corrected chi connectivity index (χ3v) is 1.11. The van der Waals surface area contributed by atoms with E-state index < -0.39 is 0 Å². The molecule has 0 amide bonds. The van der Waals surface area contributed by atoms with Crippen LogP contribution >= 0.6 is 0 Å². The van der Waals surface area contributed by atoms with E-state index in [1.807, 2.05) is 6.08 Å². The molecule has 0 aliphatic carbocycles. The minimum atomic E-state index is 0.893. The van der Waals surface area contributed by atoms with Crippen molar-refractivity contribution in [3.63, 3.8) is 0 Å². The lowest BCUT2D eigenvalue weighted by molar-refractivity contribution is 0.812. The van der Waals surface area contributed by atoms with Gasteiger partial charge in [0, 0.05) is 0 Å². The van der Waals surface area contributed by atoms with Crippen LogP contribution in [0.15, 0.2) is 18.7 Å². The molecule has 0 aromatic carbocycles. The Morgan fingerprint density at radius 3 is 2.89 bits per heavy atom. The molecule has 0 aliphatic rings. The summed E-state index contributed by atoms with van der Waals surface area (Å²) in [6.45, 7) is 5.79. The van der Waals surface area contributed by atoms with Crippen LogP contribution in [0.3, 0.4) is 0 Å². The van der Waals surface area contributed by atoms with Gasteiger partial charge in [0.1, 0.15) is 0 Å². The molecule has 0 heteroatoms. The topological polar surface area (TPSA) is 0 Å². The molecule has 0 aromatic rings. The van der Waals surface area contributed by atoms with Crippen LogP contribution in [0, 0.1) is 6.08 Å². The van der Waals surface area contributed by atoms with Gasteiger partial charge in [-0.1, -0.05) is 31.9 Å². The monoisotopic (exact) mass is 123 g/mol. The quantitative estimate of drug-likeness (QED) is 0.389. The molecule has 0 aromatic heterocycles. The summed E-state index contributed by atoms with van der Waals surface area (Å²) in [5.74, 6) is 0. The minimum absolute atomic E-state index is 0.893. The summed E-state index contributed by atoms with van der Waals surface area (Å²) in [4.78, 5) is 0. The Kier molecular flexibility index (Phi) is 7.05. The second kappa shape index (κ2) is 7.48. The molecule has 0 saturated heterocycles. The number of rotatable bonds is 5. The van der Waals surface area contributed by atoms with Gasteiger partial charge in [0.2, 0.25) is 0 Å². The fraction of sp³-hybridized carbons (Fsp3) is 0.556. The van der Waals surface area contributed by atoms with Crippen LogP contribution in [0.25, 0.3) is 0 Å². The molecule has 0 atom stereocenters. The van der Waals surface area contributed by atoms with Crippen LogP contribution in [0.1, 0.15) is 32.6 Å². The second-order valence-corrected chi connectivity index (χ2v) is 2.04. The molecule has 0 bridgehead atoms. The van der Waals surface area contributed by atoms with Crippen LogP contribution in [0.4, 0.5) is 0 Å². The maximum Gasteiger partial charge on any atom is -0.0101 e. The number of allylic oxidation sites excluding steroid dienone is 3. The van der Waals surface area contributed by atoms with Gasteiger partial charge in [-0.3, -0.25) is 0 Å². The van der Waals surface area contributed by atoms with Crippen LogP contribution in [-0.2, 0) is 0 Å². The van der Waals surface area contributed by atoms with Crippen molar-refractivity contribution < 1.29 is 0 Å². The van der Waals surface area contributed by atoms with Gasteiger partial charge in [0.05, 0.1) is 0 Å². The highest BCUT2D eigenvalue weighted by Gasteiger charge is 1.75. The zero-order valence-electron chi connectivity index (χ0n) is 6.19. The maximum absolute atomic E-state index is 3.60. The van der Waals surface area contributed by atoms with Gasteiger partial charge in [-0.2, -0.15) is 0 Å². The summed E-state index contributed by atoms with van der Waals surface area (Å²) in [6.07, 6.45) is 11.7. The van der Waals surface area contributed by atoms with Crippen molar-refractivity contribution in [3.05, 3.63) is 24.8 Å². The molecule has 1 radical (unpaired) electrons. The number of unbranched alkanes of at least 4 members (excludes halogenated alkanes) is 2. The van der Waals surface area contributed by atoms with Crippen molar-refractivity contribution in [1.82, 2.24) is 0 Å². The first-order chi connectivity index (χ1) is 4.41. The normalized spacial score (nSPS) is 10.3. The predicted molar refractivity (Wildman–Crippen MR) is 42.2 cm³/mol. The van der Waals surface area contributed by atoms with Crippen LogP contribution in [0.2, 0.25) is 0 Å². The largest absolute Gasteiger partial charge is 0.103 e. The van der Waals surface area contributed by atoms with Crippen molar-refractivity contribution >= 4 is 0 Å². The first-order valence-electron chi connectivity index (χ1n) is 3.57.